The molecule has 2 heteroatoms. The van der Waals surface area contributed by atoms with E-state index in [2.05, 4.69) is 6.08 Å². The van der Waals surface area contributed by atoms with Gasteiger partial charge in [-0.25, -0.2) is 0 Å². The Hall–Kier alpha value is -0.340. The lowest BCUT2D eigenvalue weighted by Crippen LogP contribution is -2.34. The molecular formula is C12H20O2. The number of allylic oxidation sites excluding steroid dienone is 1. The predicted molar refractivity (Wildman–Crippen MR) is 55.9 cm³/mol. The van der Waals surface area contributed by atoms with Crippen molar-refractivity contribution in [1.29, 1.82) is 0 Å². The highest BCUT2D eigenvalue weighted by molar-refractivity contribution is 5.17. The summed E-state index contributed by atoms with van der Waals surface area (Å²) in [7, 11) is 0. The van der Waals surface area contributed by atoms with Gasteiger partial charge in [0.05, 0.1) is 6.10 Å². The highest BCUT2D eigenvalue weighted by atomic mass is 16.3. The van der Waals surface area contributed by atoms with Crippen molar-refractivity contribution >= 4 is 0 Å². The number of aliphatic hydroxyl groups is 2. The molecule has 80 valence electrons. The van der Waals surface area contributed by atoms with Gasteiger partial charge in [-0.2, -0.15) is 0 Å². The highest BCUT2D eigenvalue weighted by Gasteiger charge is 2.29. The molecule has 14 heavy (non-hydrogen) atoms. The van der Waals surface area contributed by atoms with Crippen LogP contribution in [-0.2, 0) is 0 Å². The molecule has 0 spiro atoms. The second-order valence-corrected chi connectivity index (χ2v) is 4.63. The topological polar surface area (TPSA) is 40.5 Å². The summed E-state index contributed by atoms with van der Waals surface area (Å²) in [6.45, 7) is 0. The SMILES string of the molecule is OC1CCC=C(C2CCCCC2)C1O. The van der Waals surface area contributed by atoms with Crippen molar-refractivity contribution in [1.82, 2.24) is 0 Å². The fourth-order valence-electron chi connectivity index (χ4n) is 2.77. The van der Waals surface area contributed by atoms with Gasteiger partial charge < -0.3 is 10.2 Å². The maximum atomic E-state index is 9.87. The lowest BCUT2D eigenvalue weighted by Gasteiger charge is -2.32. The van der Waals surface area contributed by atoms with E-state index in [0.717, 1.165) is 18.4 Å². The van der Waals surface area contributed by atoms with Crippen LogP contribution in [0, 0.1) is 5.92 Å². The second-order valence-electron chi connectivity index (χ2n) is 4.63. The van der Waals surface area contributed by atoms with E-state index in [0.29, 0.717) is 5.92 Å². The summed E-state index contributed by atoms with van der Waals surface area (Å²) in [5.74, 6) is 0.550. The zero-order valence-corrected chi connectivity index (χ0v) is 8.65. The molecule has 0 bridgehead atoms. The molecule has 0 heterocycles. The number of hydrogen-bond donors (Lipinski definition) is 2. The van der Waals surface area contributed by atoms with E-state index >= 15 is 0 Å². The lowest BCUT2D eigenvalue weighted by molar-refractivity contribution is 0.0234. The van der Waals surface area contributed by atoms with E-state index in [-0.39, 0.29) is 0 Å². The van der Waals surface area contributed by atoms with Gasteiger partial charge in [-0.15, -0.1) is 0 Å². The number of rotatable bonds is 1. The van der Waals surface area contributed by atoms with Gasteiger partial charge in [0.1, 0.15) is 6.10 Å². The molecule has 0 aromatic carbocycles. The van der Waals surface area contributed by atoms with Gasteiger partial charge in [0.15, 0.2) is 0 Å². The van der Waals surface area contributed by atoms with Gasteiger partial charge in [-0.3, -0.25) is 0 Å². The van der Waals surface area contributed by atoms with Crippen LogP contribution in [0.4, 0.5) is 0 Å². The minimum Gasteiger partial charge on any atom is -0.390 e. The summed E-state index contributed by atoms with van der Waals surface area (Å²) in [4.78, 5) is 0. The Labute approximate surface area is 85.6 Å². The zero-order chi connectivity index (χ0) is 9.97. The van der Waals surface area contributed by atoms with Crippen LogP contribution in [0.1, 0.15) is 44.9 Å². The Morgan fingerprint density at radius 2 is 1.71 bits per heavy atom. The molecule has 2 unspecified atom stereocenters. The molecule has 1 fully saturated rings. The Kier molecular flexibility index (Phi) is 3.24. The van der Waals surface area contributed by atoms with Gasteiger partial charge in [0, 0.05) is 0 Å². The molecule has 2 N–H and O–H groups in total. The van der Waals surface area contributed by atoms with Crippen LogP contribution in [0.5, 0.6) is 0 Å². The quantitative estimate of drug-likeness (QED) is 0.630. The van der Waals surface area contributed by atoms with E-state index in [1.807, 2.05) is 0 Å². The molecule has 0 saturated heterocycles. The Morgan fingerprint density at radius 3 is 2.43 bits per heavy atom. The fourth-order valence-corrected chi connectivity index (χ4v) is 2.77. The van der Waals surface area contributed by atoms with Crippen LogP contribution >= 0.6 is 0 Å². The third kappa shape index (κ3) is 2.01. The van der Waals surface area contributed by atoms with Crippen LogP contribution in [0.15, 0.2) is 11.6 Å². The summed E-state index contributed by atoms with van der Waals surface area (Å²) in [6, 6.07) is 0. The average Bonchev–Trinajstić information content (AvgIpc) is 2.23. The normalized spacial score (nSPS) is 35.4. The Balaban J connectivity index is 2.04. The molecule has 0 aromatic rings. The summed E-state index contributed by atoms with van der Waals surface area (Å²) in [6.07, 6.45) is 9.03. The molecule has 2 aliphatic carbocycles. The molecule has 2 aliphatic rings. The largest absolute Gasteiger partial charge is 0.390 e. The van der Waals surface area contributed by atoms with Crippen LogP contribution < -0.4 is 0 Å². The molecule has 0 aliphatic heterocycles. The lowest BCUT2D eigenvalue weighted by atomic mass is 9.77. The van der Waals surface area contributed by atoms with Crippen LogP contribution in [0.2, 0.25) is 0 Å². The number of hydrogen-bond acceptors (Lipinski definition) is 2. The molecule has 2 nitrogen and oxygen atoms in total. The third-order valence-corrected chi connectivity index (χ3v) is 3.63. The summed E-state index contributed by atoms with van der Waals surface area (Å²) < 4.78 is 0. The van der Waals surface area contributed by atoms with Gasteiger partial charge in [-0.1, -0.05) is 25.3 Å². The van der Waals surface area contributed by atoms with Gasteiger partial charge in [-0.05, 0) is 37.2 Å². The van der Waals surface area contributed by atoms with Crippen LogP contribution in [0.3, 0.4) is 0 Å². The van der Waals surface area contributed by atoms with Crippen molar-refractivity contribution in [3.63, 3.8) is 0 Å². The first-order chi connectivity index (χ1) is 6.79. The standard InChI is InChI=1S/C12H20O2/c13-11-8-4-7-10(12(11)14)9-5-2-1-3-6-9/h7,9,11-14H,1-6,8H2. The van der Waals surface area contributed by atoms with Gasteiger partial charge >= 0.3 is 0 Å². The van der Waals surface area contributed by atoms with Crippen LogP contribution in [-0.4, -0.2) is 22.4 Å². The van der Waals surface area contributed by atoms with E-state index in [1.54, 1.807) is 0 Å². The molecule has 0 radical (unpaired) electrons. The molecule has 1 saturated carbocycles. The summed E-state index contributed by atoms with van der Waals surface area (Å²) in [5, 5.41) is 19.5. The molecule has 2 rings (SSSR count). The third-order valence-electron chi connectivity index (χ3n) is 3.63. The molecule has 0 amide bonds. The Bertz CT molecular complexity index is 216. The average molecular weight is 196 g/mol. The first-order valence-corrected chi connectivity index (χ1v) is 5.85. The van der Waals surface area contributed by atoms with Crippen molar-refractivity contribution < 1.29 is 10.2 Å². The van der Waals surface area contributed by atoms with Gasteiger partial charge in [0.2, 0.25) is 0 Å². The minimum absolute atomic E-state index is 0.517. The maximum Gasteiger partial charge on any atom is 0.101 e. The van der Waals surface area contributed by atoms with E-state index in [4.69, 9.17) is 0 Å². The minimum atomic E-state index is -0.577. The van der Waals surface area contributed by atoms with Gasteiger partial charge in [0.25, 0.3) is 0 Å². The highest BCUT2D eigenvalue weighted by Crippen LogP contribution is 2.34. The van der Waals surface area contributed by atoms with Crippen molar-refractivity contribution in [3.8, 4) is 0 Å². The smallest absolute Gasteiger partial charge is 0.101 e. The second kappa shape index (κ2) is 4.45. The first kappa shape index (κ1) is 10.2. The van der Waals surface area contributed by atoms with Crippen molar-refractivity contribution in [3.05, 3.63) is 11.6 Å². The first-order valence-electron chi connectivity index (χ1n) is 5.85. The van der Waals surface area contributed by atoms with E-state index in [1.165, 1.54) is 32.1 Å². The van der Waals surface area contributed by atoms with Crippen molar-refractivity contribution in [2.24, 2.45) is 5.92 Å². The van der Waals surface area contributed by atoms with Crippen molar-refractivity contribution in [2.45, 2.75) is 57.2 Å². The van der Waals surface area contributed by atoms with E-state index < -0.39 is 12.2 Å². The fraction of sp³-hybridized carbons (Fsp3) is 0.833. The molecule has 2 atom stereocenters. The predicted octanol–water partition coefficient (Wildman–Crippen LogP) is 2.01. The van der Waals surface area contributed by atoms with Crippen molar-refractivity contribution in [2.75, 3.05) is 0 Å². The maximum absolute atomic E-state index is 9.87. The summed E-state index contributed by atoms with van der Waals surface area (Å²) in [5.41, 5.74) is 1.13. The number of aliphatic hydroxyl groups excluding tert-OH is 2. The van der Waals surface area contributed by atoms with E-state index in [9.17, 15) is 10.2 Å². The summed E-state index contributed by atoms with van der Waals surface area (Å²) >= 11 is 0. The zero-order valence-electron chi connectivity index (χ0n) is 8.65. The Morgan fingerprint density at radius 1 is 1.00 bits per heavy atom. The monoisotopic (exact) mass is 196 g/mol. The molecule has 0 aromatic heterocycles. The molecular weight excluding hydrogens is 176 g/mol. The van der Waals surface area contributed by atoms with Crippen LogP contribution in [0.25, 0.3) is 0 Å².